The molecule has 0 spiro atoms. The van der Waals surface area contributed by atoms with Crippen LogP contribution in [0.5, 0.6) is 5.75 Å². The zero-order valence-electron chi connectivity index (χ0n) is 15.3. The van der Waals surface area contributed by atoms with Gasteiger partial charge in [-0.25, -0.2) is 4.79 Å². The summed E-state index contributed by atoms with van der Waals surface area (Å²) in [6.07, 6.45) is 6.27. The van der Waals surface area contributed by atoms with Crippen molar-refractivity contribution in [2.75, 3.05) is 13.7 Å². The Morgan fingerprint density at radius 1 is 1.08 bits per heavy atom. The molecule has 2 amide bonds. The summed E-state index contributed by atoms with van der Waals surface area (Å²) in [5.41, 5.74) is 0.727. The molecule has 6 heteroatoms. The Labute approximate surface area is 154 Å². The van der Waals surface area contributed by atoms with Crippen molar-refractivity contribution < 1.29 is 19.4 Å². The molecule has 0 unspecified atom stereocenters. The third-order valence-corrected chi connectivity index (χ3v) is 5.55. The first kappa shape index (κ1) is 18.5. The van der Waals surface area contributed by atoms with E-state index in [0.717, 1.165) is 56.3 Å². The average Bonchev–Trinajstić information content (AvgIpc) is 3.48. The maximum Gasteiger partial charge on any atom is 0.404 e. The van der Waals surface area contributed by atoms with Crippen LogP contribution in [-0.4, -0.2) is 47.7 Å². The molecule has 2 aliphatic rings. The molecule has 0 saturated heterocycles. The van der Waals surface area contributed by atoms with Crippen molar-refractivity contribution in [1.82, 2.24) is 10.2 Å². The van der Waals surface area contributed by atoms with Gasteiger partial charge in [-0.2, -0.15) is 0 Å². The fourth-order valence-electron chi connectivity index (χ4n) is 3.96. The van der Waals surface area contributed by atoms with Gasteiger partial charge in [0.25, 0.3) is 5.91 Å². The number of nitrogens with one attached hydrogen (secondary N) is 1. The van der Waals surface area contributed by atoms with Crippen molar-refractivity contribution in [3.05, 3.63) is 29.8 Å². The highest BCUT2D eigenvalue weighted by Crippen LogP contribution is 2.37. The number of amides is 2. The minimum Gasteiger partial charge on any atom is -0.497 e. The van der Waals surface area contributed by atoms with E-state index in [-0.39, 0.29) is 5.91 Å². The molecule has 0 radical (unpaired) electrons. The number of methoxy groups -OCH3 is 1. The van der Waals surface area contributed by atoms with Gasteiger partial charge in [-0.15, -0.1) is 0 Å². The summed E-state index contributed by atoms with van der Waals surface area (Å²) in [4.78, 5) is 25.7. The lowest BCUT2D eigenvalue weighted by Gasteiger charge is -2.37. The van der Waals surface area contributed by atoms with Gasteiger partial charge in [-0.05, 0) is 75.1 Å². The van der Waals surface area contributed by atoms with Crippen LogP contribution in [0.3, 0.4) is 0 Å². The highest BCUT2D eigenvalue weighted by atomic mass is 16.5. The van der Waals surface area contributed by atoms with Crippen LogP contribution < -0.4 is 10.1 Å². The minimum atomic E-state index is -0.955. The van der Waals surface area contributed by atoms with Crippen LogP contribution in [0.15, 0.2) is 24.3 Å². The van der Waals surface area contributed by atoms with Crippen molar-refractivity contribution in [2.24, 2.45) is 5.92 Å². The van der Waals surface area contributed by atoms with Crippen molar-refractivity contribution >= 4 is 12.0 Å². The second kappa shape index (κ2) is 8.43. The van der Waals surface area contributed by atoms with E-state index in [2.05, 4.69) is 10.2 Å². The van der Waals surface area contributed by atoms with Gasteiger partial charge in [0, 0.05) is 24.2 Å². The number of hydrogen-bond donors (Lipinski definition) is 2. The van der Waals surface area contributed by atoms with E-state index in [1.165, 1.54) is 0 Å². The largest absolute Gasteiger partial charge is 0.497 e. The molecule has 0 aliphatic heterocycles. The van der Waals surface area contributed by atoms with E-state index in [1.807, 2.05) is 24.3 Å². The molecule has 2 saturated carbocycles. The van der Waals surface area contributed by atoms with Crippen molar-refractivity contribution in [2.45, 2.75) is 57.0 Å². The Balaban J connectivity index is 1.57. The number of hydrogen-bond acceptors (Lipinski definition) is 3. The normalized spacial score (nSPS) is 22.5. The van der Waals surface area contributed by atoms with Crippen molar-refractivity contribution in [3.8, 4) is 5.75 Å². The van der Waals surface area contributed by atoms with Crippen LogP contribution in [0, 0.1) is 5.92 Å². The minimum absolute atomic E-state index is 0.131. The van der Waals surface area contributed by atoms with Crippen LogP contribution in [0.4, 0.5) is 4.79 Å². The van der Waals surface area contributed by atoms with E-state index in [4.69, 9.17) is 9.84 Å². The number of ether oxygens (including phenoxy) is 1. The summed E-state index contributed by atoms with van der Waals surface area (Å²) < 4.78 is 5.18. The Kier molecular flexibility index (Phi) is 6.01. The summed E-state index contributed by atoms with van der Waals surface area (Å²) >= 11 is 0. The van der Waals surface area contributed by atoms with Crippen LogP contribution in [0.2, 0.25) is 0 Å². The summed E-state index contributed by atoms with van der Waals surface area (Å²) in [7, 11) is 1.62. The first-order valence-corrected chi connectivity index (χ1v) is 9.52. The Morgan fingerprint density at radius 2 is 1.65 bits per heavy atom. The zero-order valence-corrected chi connectivity index (χ0v) is 15.3. The van der Waals surface area contributed by atoms with Crippen LogP contribution in [0.25, 0.3) is 0 Å². The Morgan fingerprint density at radius 3 is 2.15 bits per heavy atom. The number of carboxylic acid groups (broad SMARTS) is 1. The van der Waals surface area contributed by atoms with Gasteiger partial charge in [0.15, 0.2) is 0 Å². The molecular weight excluding hydrogens is 332 g/mol. The first-order valence-electron chi connectivity index (χ1n) is 9.52. The second-order valence-corrected chi connectivity index (χ2v) is 7.37. The Bertz CT molecular complexity index is 619. The molecule has 6 nitrogen and oxygen atoms in total. The molecule has 1 aromatic rings. The van der Waals surface area contributed by atoms with Gasteiger partial charge in [0.1, 0.15) is 5.75 Å². The monoisotopic (exact) mass is 360 g/mol. The van der Waals surface area contributed by atoms with E-state index in [0.29, 0.717) is 24.5 Å². The fourth-order valence-corrected chi connectivity index (χ4v) is 3.96. The number of carbonyl (C=O) groups is 2. The molecule has 2 aliphatic carbocycles. The van der Waals surface area contributed by atoms with Crippen LogP contribution >= 0.6 is 0 Å². The second-order valence-electron chi connectivity index (χ2n) is 7.37. The van der Waals surface area contributed by atoms with E-state index >= 15 is 0 Å². The standard InChI is InChI=1S/C20H28N2O4/c1-26-18-10-4-15(5-11-18)19(23)22(17-8-9-17)16-6-2-14(3-7-16)12-13-21-20(24)25/h4-5,10-11,14,16-17,21H,2-3,6-9,12-13H2,1H3,(H,24,25). The quantitative estimate of drug-likeness (QED) is 0.780. The third-order valence-electron chi connectivity index (χ3n) is 5.55. The zero-order chi connectivity index (χ0) is 18.5. The van der Waals surface area contributed by atoms with Crippen molar-refractivity contribution in [1.29, 1.82) is 0 Å². The molecule has 1 aromatic carbocycles. The van der Waals surface area contributed by atoms with E-state index in [1.54, 1.807) is 7.11 Å². The predicted octanol–water partition coefficient (Wildman–Crippen LogP) is 3.52. The van der Waals surface area contributed by atoms with E-state index in [9.17, 15) is 9.59 Å². The molecular formula is C20H28N2O4. The molecule has 0 bridgehead atoms. The molecule has 142 valence electrons. The molecule has 0 atom stereocenters. The van der Waals surface area contributed by atoms with Crippen LogP contribution in [-0.2, 0) is 0 Å². The van der Waals surface area contributed by atoms with Gasteiger partial charge >= 0.3 is 6.09 Å². The smallest absolute Gasteiger partial charge is 0.404 e. The fraction of sp³-hybridized carbons (Fsp3) is 0.600. The lowest BCUT2D eigenvalue weighted by molar-refractivity contribution is 0.0585. The average molecular weight is 360 g/mol. The van der Waals surface area contributed by atoms with Gasteiger partial charge in [0.2, 0.25) is 0 Å². The molecule has 3 rings (SSSR count). The van der Waals surface area contributed by atoms with E-state index < -0.39 is 6.09 Å². The van der Waals surface area contributed by atoms with Gasteiger partial charge in [-0.1, -0.05) is 0 Å². The summed E-state index contributed by atoms with van der Waals surface area (Å²) in [5.74, 6) is 1.44. The lowest BCUT2D eigenvalue weighted by atomic mass is 9.83. The summed E-state index contributed by atoms with van der Waals surface area (Å²) in [5, 5.41) is 11.1. The molecule has 0 heterocycles. The Hall–Kier alpha value is -2.24. The maximum atomic E-state index is 13.1. The van der Waals surface area contributed by atoms with Gasteiger partial charge < -0.3 is 20.1 Å². The number of rotatable bonds is 7. The lowest BCUT2D eigenvalue weighted by Crippen LogP contribution is -2.44. The highest BCUT2D eigenvalue weighted by molar-refractivity contribution is 5.95. The van der Waals surface area contributed by atoms with Crippen molar-refractivity contribution in [3.63, 3.8) is 0 Å². The first-order chi connectivity index (χ1) is 12.6. The number of benzene rings is 1. The summed E-state index contributed by atoms with van der Waals surface area (Å²) in [6.45, 7) is 0.516. The molecule has 26 heavy (non-hydrogen) atoms. The highest BCUT2D eigenvalue weighted by Gasteiger charge is 2.39. The third kappa shape index (κ3) is 4.68. The SMILES string of the molecule is COc1ccc(C(=O)N(C2CCC(CCNC(=O)O)CC2)C2CC2)cc1. The molecule has 2 N–H and O–H groups in total. The maximum absolute atomic E-state index is 13.1. The topological polar surface area (TPSA) is 78.9 Å². The summed E-state index contributed by atoms with van der Waals surface area (Å²) in [6, 6.07) is 8.06. The molecule has 0 aromatic heterocycles. The van der Waals surface area contributed by atoms with Gasteiger partial charge in [-0.3, -0.25) is 4.79 Å². The van der Waals surface area contributed by atoms with Gasteiger partial charge in [0.05, 0.1) is 7.11 Å². The predicted molar refractivity (Wildman–Crippen MR) is 98.6 cm³/mol. The number of nitrogens with zero attached hydrogens (tertiary/aromatic N) is 1. The van der Waals surface area contributed by atoms with Crippen LogP contribution in [0.1, 0.15) is 55.3 Å². The number of carbonyl (C=O) groups excluding carboxylic acids is 1. The molecule has 2 fully saturated rings.